The molecule has 0 saturated heterocycles. The van der Waals surface area contributed by atoms with Crippen LogP contribution >= 0.6 is 15.9 Å². The van der Waals surface area contributed by atoms with Crippen LogP contribution in [0.4, 0.5) is 4.79 Å². The van der Waals surface area contributed by atoms with Gasteiger partial charge in [-0.3, -0.25) is 0 Å². The summed E-state index contributed by atoms with van der Waals surface area (Å²) in [5.41, 5.74) is 10.2. The molecule has 0 saturated carbocycles. The maximum absolute atomic E-state index is 10.6. The van der Waals surface area contributed by atoms with Gasteiger partial charge in [-0.15, -0.1) is 0 Å². The van der Waals surface area contributed by atoms with Crippen molar-refractivity contribution in [2.75, 3.05) is 0 Å². The van der Waals surface area contributed by atoms with Gasteiger partial charge >= 0.3 is 6.03 Å². The Morgan fingerprint density at radius 2 is 2.14 bits per heavy atom. The lowest BCUT2D eigenvalue weighted by atomic mass is 10.1. The number of benzene rings is 2. The van der Waals surface area contributed by atoms with E-state index in [9.17, 15) is 4.79 Å². The molecule has 0 spiro atoms. The minimum Gasteiger partial charge on any atom is -0.488 e. The fourth-order valence-electron chi connectivity index (χ4n) is 1.84. The van der Waals surface area contributed by atoms with Gasteiger partial charge < -0.3 is 10.5 Å². The highest BCUT2D eigenvalue weighted by molar-refractivity contribution is 9.10. The summed E-state index contributed by atoms with van der Waals surface area (Å²) in [6.07, 6.45) is 1.49. The van der Waals surface area contributed by atoms with Crippen LogP contribution in [0.15, 0.2) is 52.0 Å². The van der Waals surface area contributed by atoms with Crippen molar-refractivity contribution in [2.45, 2.75) is 13.5 Å². The summed E-state index contributed by atoms with van der Waals surface area (Å²) in [5, 5.41) is 3.77. The summed E-state index contributed by atoms with van der Waals surface area (Å²) in [4.78, 5) is 10.6. The molecule has 0 aliphatic heterocycles. The third-order valence-corrected chi connectivity index (χ3v) is 3.49. The molecule has 0 aliphatic carbocycles. The van der Waals surface area contributed by atoms with E-state index < -0.39 is 6.03 Å². The number of nitrogens with two attached hydrogens (primary N) is 1. The number of hydrazone groups is 1. The van der Waals surface area contributed by atoms with Gasteiger partial charge in [0.15, 0.2) is 0 Å². The number of rotatable bonds is 5. The van der Waals surface area contributed by atoms with Crippen molar-refractivity contribution in [3.05, 3.63) is 63.6 Å². The minimum absolute atomic E-state index is 0.457. The lowest BCUT2D eigenvalue weighted by Crippen LogP contribution is -2.24. The average Bonchev–Trinajstić information content (AvgIpc) is 2.47. The summed E-state index contributed by atoms with van der Waals surface area (Å²) >= 11 is 3.40. The molecule has 0 radical (unpaired) electrons. The van der Waals surface area contributed by atoms with E-state index in [0.717, 1.165) is 15.6 Å². The second kappa shape index (κ2) is 7.61. The summed E-state index contributed by atoms with van der Waals surface area (Å²) in [7, 11) is 0. The molecule has 6 heteroatoms. The van der Waals surface area contributed by atoms with Gasteiger partial charge in [0.2, 0.25) is 0 Å². The van der Waals surface area contributed by atoms with E-state index >= 15 is 0 Å². The van der Waals surface area contributed by atoms with Crippen LogP contribution in [-0.2, 0) is 6.61 Å². The van der Waals surface area contributed by atoms with Crippen molar-refractivity contribution in [1.82, 2.24) is 5.43 Å². The SMILES string of the molecule is Cc1ccccc1COc1ccc(Br)cc1C=NNC(N)=O. The van der Waals surface area contributed by atoms with E-state index in [1.165, 1.54) is 11.8 Å². The van der Waals surface area contributed by atoms with E-state index in [0.29, 0.717) is 12.4 Å². The lowest BCUT2D eigenvalue weighted by Gasteiger charge is -2.11. The summed E-state index contributed by atoms with van der Waals surface area (Å²) in [6, 6.07) is 12.9. The number of halogens is 1. The second-order valence-corrected chi connectivity index (χ2v) is 5.55. The van der Waals surface area contributed by atoms with Gasteiger partial charge in [-0.25, -0.2) is 10.2 Å². The fraction of sp³-hybridized carbons (Fsp3) is 0.125. The predicted molar refractivity (Wildman–Crippen MR) is 90.0 cm³/mol. The van der Waals surface area contributed by atoms with E-state index in [1.54, 1.807) is 0 Å². The summed E-state index contributed by atoms with van der Waals surface area (Å²) in [5.74, 6) is 0.668. The van der Waals surface area contributed by atoms with Gasteiger partial charge in [0, 0.05) is 10.0 Å². The molecule has 0 aliphatic rings. The second-order valence-electron chi connectivity index (χ2n) is 4.63. The van der Waals surface area contributed by atoms with Gasteiger partial charge in [-0.1, -0.05) is 40.2 Å². The monoisotopic (exact) mass is 361 g/mol. The van der Waals surface area contributed by atoms with Crippen LogP contribution in [0.1, 0.15) is 16.7 Å². The van der Waals surface area contributed by atoms with Gasteiger partial charge in [-0.05, 0) is 36.2 Å². The number of urea groups is 1. The molecule has 0 heterocycles. The van der Waals surface area contributed by atoms with Crippen LogP contribution in [0.3, 0.4) is 0 Å². The predicted octanol–water partition coefficient (Wildman–Crippen LogP) is 3.34. The standard InChI is InChI=1S/C16H16BrN3O2/c1-11-4-2-3-5-12(11)10-22-15-7-6-14(17)8-13(15)9-19-20-16(18)21/h2-9H,10H2,1H3,(H3,18,20,21). The smallest absolute Gasteiger partial charge is 0.332 e. The molecule has 0 atom stereocenters. The normalized spacial score (nSPS) is 10.6. The largest absolute Gasteiger partial charge is 0.488 e. The molecular weight excluding hydrogens is 346 g/mol. The number of hydrogen-bond donors (Lipinski definition) is 2. The molecule has 2 aromatic carbocycles. The maximum atomic E-state index is 10.6. The van der Waals surface area contributed by atoms with Crippen LogP contribution in [0, 0.1) is 6.92 Å². The zero-order valence-corrected chi connectivity index (χ0v) is 13.6. The third kappa shape index (κ3) is 4.60. The number of ether oxygens (including phenoxy) is 1. The van der Waals surface area contributed by atoms with Crippen LogP contribution in [0.2, 0.25) is 0 Å². The zero-order valence-electron chi connectivity index (χ0n) is 12.0. The highest BCUT2D eigenvalue weighted by atomic mass is 79.9. The molecule has 0 bridgehead atoms. The summed E-state index contributed by atoms with van der Waals surface area (Å²) < 4.78 is 6.75. The number of aryl methyl sites for hydroxylation is 1. The zero-order chi connectivity index (χ0) is 15.9. The first-order valence-corrected chi connectivity index (χ1v) is 7.41. The highest BCUT2D eigenvalue weighted by Gasteiger charge is 2.05. The van der Waals surface area contributed by atoms with Gasteiger partial charge in [0.1, 0.15) is 12.4 Å². The molecule has 0 fully saturated rings. The topological polar surface area (TPSA) is 76.7 Å². The van der Waals surface area contributed by atoms with Crippen molar-refractivity contribution < 1.29 is 9.53 Å². The van der Waals surface area contributed by atoms with Crippen LogP contribution in [0.25, 0.3) is 0 Å². The van der Waals surface area contributed by atoms with Gasteiger partial charge in [0.05, 0.1) is 6.21 Å². The Morgan fingerprint density at radius 3 is 2.86 bits per heavy atom. The third-order valence-electron chi connectivity index (χ3n) is 2.99. The number of carbonyl (C=O) groups excluding carboxylic acids is 1. The Labute approximate surface area is 137 Å². The van der Waals surface area contributed by atoms with E-state index in [2.05, 4.69) is 26.5 Å². The highest BCUT2D eigenvalue weighted by Crippen LogP contribution is 2.23. The molecule has 22 heavy (non-hydrogen) atoms. The van der Waals surface area contributed by atoms with E-state index in [1.807, 2.05) is 49.4 Å². The fourth-order valence-corrected chi connectivity index (χ4v) is 2.22. The molecule has 114 valence electrons. The first kappa shape index (κ1) is 16.0. The maximum Gasteiger partial charge on any atom is 0.332 e. The Balaban J connectivity index is 2.14. The van der Waals surface area contributed by atoms with Crippen molar-refractivity contribution in [1.29, 1.82) is 0 Å². The average molecular weight is 362 g/mol. The minimum atomic E-state index is -0.714. The molecule has 2 aromatic rings. The van der Waals surface area contributed by atoms with Crippen LogP contribution in [0.5, 0.6) is 5.75 Å². The molecule has 2 rings (SSSR count). The van der Waals surface area contributed by atoms with Crippen LogP contribution in [-0.4, -0.2) is 12.2 Å². The number of carbonyl (C=O) groups is 1. The summed E-state index contributed by atoms with van der Waals surface area (Å²) in [6.45, 7) is 2.50. The quantitative estimate of drug-likeness (QED) is 0.632. The first-order chi connectivity index (χ1) is 10.6. The molecule has 0 aromatic heterocycles. The Kier molecular flexibility index (Phi) is 5.55. The van der Waals surface area contributed by atoms with Crippen LogP contribution < -0.4 is 15.9 Å². The van der Waals surface area contributed by atoms with E-state index in [-0.39, 0.29) is 0 Å². The number of nitrogens with one attached hydrogen (secondary N) is 1. The Bertz CT molecular complexity index is 702. The first-order valence-electron chi connectivity index (χ1n) is 6.61. The van der Waals surface area contributed by atoms with Crippen molar-refractivity contribution in [3.63, 3.8) is 0 Å². The van der Waals surface area contributed by atoms with Crippen molar-refractivity contribution in [3.8, 4) is 5.75 Å². The lowest BCUT2D eigenvalue weighted by molar-refractivity contribution is 0.249. The Morgan fingerprint density at radius 1 is 1.36 bits per heavy atom. The number of nitrogens with zero attached hydrogens (tertiary/aromatic N) is 1. The molecular formula is C16H16BrN3O2. The Hall–Kier alpha value is -2.34. The molecule has 0 unspecified atom stereocenters. The molecule has 3 N–H and O–H groups in total. The number of hydrogen-bond acceptors (Lipinski definition) is 3. The van der Waals surface area contributed by atoms with E-state index in [4.69, 9.17) is 10.5 Å². The van der Waals surface area contributed by atoms with Crippen molar-refractivity contribution >= 4 is 28.2 Å². The van der Waals surface area contributed by atoms with Gasteiger partial charge in [0.25, 0.3) is 0 Å². The molecule has 5 nitrogen and oxygen atoms in total. The van der Waals surface area contributed by atoms with Gasteiger partial charge in [-0.2, -0.15) is 5.10 Å². The number of amides is 2. The van der Waals surface area contributed by atoms with Crippen molar-refractivity contribution in [2.24, 2.45) is 10.8 Å². The number of primary amides is 1. The molecule has 2 amide bonds.